The summed E-state index contributed by atoms with van der Waals surface area (Å²) in [6, 6.07) is 0. The van der Waals surface area contributed by atoms with E-state index in [1.807, 2.05) is 0 Å². The van der Waals surface area contributed by atoms with Gasteiger partial charge in [0.25, 0.3) is 0 Å². The molecule has 0 radical (unpaired) electrons. The van der Waals surface area contributed by atoms with Gasteiger partial charge in [0.1, 0.15) is 12.2 Å². The molecule has 3 atom stereocenters. The minimum Gasteiger partial charge on any atom is -0.457 e. The van der Waals surface area contributed by atoms with Crippen LogP contribution in [0.5, 0.6) is 0 Å². The van der Waals surface area contributed by atoms with Gasteiger partial charge >= 0.3 is 13.8 Å². The van der Waals surface area contributed by atoms with Crippen LogP contribution in [0.25, 0.3) is 0 Å². The number of phosphoric acid groups is 1. The van der Waals surface area contributed by atoms with Crippen LogP contribution >= 0.6 is 7.82 Å². The standard InChI is InChI=1S/C49H99O9P/c1-3-5-7-9-11-13-15-17-18-19-20-21-22-23-24-25-26-27-28-29-30-31-33-35-37-39-41-49(52)58-48(46-57-59(53,54)56-44-47(51)43-50)45-55-42-40-38-36-34-32-16-14-12-10-8-6-4-2/h47-48,50-51H,3-46H2,1-2H3,(H,53,54)/t47-,48+/m0/s1. The first-order valence-corrected chi connectivity index (χ1v) is 27.0. The number of aliphatic hydroxyl groups is 2. The van der Waals surface area contributed by atoms with E-state index in [2.05, 4.69) is 13.8 Å². The van der Waals surface area contributed by atoms with Crippen LogP contribution in [0.3, 0.4) is 0 Å². The Hall–Kier alpha value is -0.540. The van der Waals surface area contributed by atoms with Crippen LogP contribution in [0.15, 0.2) is 0 Å². The van der Waals surface area contributed by atoms with Crippen LogP contribution < -0.4 is 0 Å². The Kier molecular flexibility index (Phi) is 46.5. The van der Waals surface area contributed by atoms with Crippen LogP contribution in [0.2, 0.25) is 0 Å². The third-order valence-electron chi connectivity index (χ3n) is 11.5. The van der Waals surface area contributed by atoms with Crippen molar-refractivity contribution in [2.75, 3.05) is 33.0 Å². The van der Waals surface area contributed by atoms with E-state index in [1.165, 1.54) is 212 Å². The molecule has 3 N–H and O–H groups in total. The van der Waals surface area contributed by atoms with Crippen LogP contribution in [0.1, 0.15) is 264 Å². The molecular weight excluding hydrogens is 764 g/mol. The van der Waals surface area contributed by atoms with Gasteiger partial charge in [-0.3, -0.25) is 13.8 Å². The number of esters is 1. The smallest absolute Gasteiger partial charge is 0.457 e. The SMILES string of the molecule is CCCCCCCCCCCCCCCCCCCCCCCCCCCCC(=O)O[C@H](COCCCCCCCCCCCCCC)COP(=O)(O)OC[C@@H](O)CO. The Morgan fingerprint density at radius 1 is 0.458 bits per heavy atom. The number of rotatable bonds is 50. The fourth-order valence-electron chi connectivity index (χ4n) is 7.65. The maximum atomic E-state index is 12.7. The van der Waals surface area contributed by atoms with Crippen molar-refractivity contribution in [1.29, 1.82) is 0 Å². The zero-order valence-corrected chi connectivity index (χ0v) is 39.9. The maximum Gasteiger partial charge on any atom is 0.472 e. The van der Waals surface area contributed by atoms with E-state index in [0.29, 0.717) is 6.61 Å². The molecule has 59 heavy (non-hydrogen) atoms. The van der Waals surface area contributed by atoms with Crippen molar-refractivity contribution in [3.05, 3.63) is 0 Å². The van der Waals surface area contributed by atoms with Gasteiger partial charge in [-0.1, -0.05) is 245 Å². The molecule has 0 saturated carbocycles. The van der Waals surface area contributed by atoms with Crippen molar-refractivity contribution in [3.8, 4) is 0 Å². The molecule has 0 saturated heterocycles. The van der Waals surface area contributed by atoms with Crippen molar-refractivity contribution in [3.63, 3.8) is 0 Å². The molecule has 0 aliphatic rings. The van der Waals surface area contributed by atoms with Crippen molar-refractivity contribution < 1.29 is 43.0 Å². The maximum absolute atomic E-state index is 12.7. The van der Waals surface area contributed by atoms with E-state index >= 15 is 0 Å². The molecule has 0 aromatic rings. The summed E-state index contributed by atoms with van der Waals surface area (Å²) in [6.07, 6.45) is 48.0. The topological polar surface area (TPSA) is 132 Å². The monoisotopic (exact) mass is 863 g/mol. The quantitative estimate of drug-likeness (QED) is 0.0311. The van der Waals surface area contributed by atoms with Gasteiger partial charge in [-0.2, -0.15) is 0 Å². The number of hydrogen-bond donors (Lipinski definition) is 3. The van der Waals surface area contributed by atoms with Crippen LogP contribution in [0.4, 0.5) is 0 Å². The molecule has 0 heterocycles. The summed E-state index contributed by atoms with van der Waals surface area (Å²) < 4.78 is 33.5. The number of ether oxygens (including phenoxy) is 2. The lowest BCUT2D eigenvalue weighted by Crippen LogP contribution is -2.29. The highest BCUT2D eigenvalue weighted by atomic mass is 31.2. The molecule has 1 unspecified atom stereocenters. The van der Waals surface area contributed by atoms with E-state index in [4.69, 9.17) is 23.6 Å². The lowest BCUT2D eigenvalue weighted by molar-refractivity contribution is -0.154. The number of unbranched alkanes of at least 4 members (excludes halogenated alkanes) is 36. The van der Waals surface area contributed by atoms with Gasteiger partial charge in [-0.15, -0.1) is 0 Å². The highest BCUT2D eigenvalue weighted by Crippen LogP contribution is 2.43. The Balaban J connectivity index is 3.91. The minimum atomic E-state index is -4.51. The summed E-state index contributed by atoms with van der Waals surface area (Å²) in [5.74, 6) is -0.374. The predicted octanol–water partition coefficient (Wildman–Crippen LogP) is 14.7. The summed E-state index contributed by atoms with van der Waals surface area (Å²) in [4.78, 5) is 22.6. The first kappa shape index (κ1) is 58.5. The minimum absolute atomic E-state index is 0.0581. The summed E-state index contributed by atoms with van der Waals surface area (Å²) in [6.45, 7) is 3.59. The zero-order chi connectivity index (χ0) is 43.2. The number of carbonyl (C=O) groups excluding carboxylic acids is 1. The average Bonchev–Trinajstić information content (AvgIpc) is 3.23. The molecule has 0 fully saturated rings. The van der Waals surface area contributed by atoms with E-state index < -0.39 is 33.2 Å². The van der Waals surface area contributed by atoms with E-state index in [1.54, 1.807) is 0 Å². The largest absolute Gasteiger partial charge is 0.472 e. The van der Waals surface area contributed by atoms with Gasteiger partial charge in [0.2, 0.25) is 0 Å². The second-order valence-electron chi connectivity index (χ2n) is 17.6. The van der Waals surface area contributed by atoms with Crippen molar-refractivity contribution in [1.82, 2.24) is 0 Å². The van der Waals surface area contributed by atoms with Gasteiger partial charge < -0.3 is 24.6 Å². The number of hydrogen-bond acceptors (Lipinski definition) is 8. The normalized spacial score (nSPS) is 13.8. The lowest BCUT2D eigenvalue weighted by Gasteiger charge is -2.20. The van der Waals surface area contributed by atoms with Gasteiger partial charge in [0.15, 0.2) is 0 Å². The van der Waals surface area contributed by atoms with E-state index in [-0.39, 0.29) is 25.6 Å². The number of phosphoric ester groups is 1. The molecule has 0 aliphatic heterocycles. The molecule has 10 heteroatoms. The van der Waals surface area contributed by atoms with Crippen LogP contribution in [0, 0.1) is 0 Å². The third kappa shape index (κ3) is 46.8. The second-order valence-corrected chi connectivity index (χ2v) is 19.0. The van der Waals surface area contributed by atoms with Gasteiger partial charge in [0.05, 0.1) is 26.4 Å². The lowest BCUT2D eigenvalue weighted by atomic mass is 10.0. The molecule has 0 spiro atoms. The summed E-state index contributed by atoms with van der Waals surface area (Å²) in [5, 5.41) is 18.4. The third-order valence-corrected chi connectivity index (χ3v) is 12.5. The van der Waals surface area contributed by atoms with E-state index in [0.717, 1.165) is 32.1 Å². The summed E-state index contributed by atoms with van der Waals surface area (Å²) in [7, 11) is -4.51. The average molecular weight is 863 g/mol. The van der Waals surface area contributed by atoms with Crippen molar-refractivity contribution in [2.45, 2.75) is 276 Å². The molecule has 0 bridgehead atoms. The van der Waals surface area contributed by atoms with Crippen molar-refractivity contribution in [2.24, 2.45) is 0 Å². The number of aliphatic hydroxyl groups excluding tert-OH is 2. The first-order chi connectivity index (χ1) is 28.8. The van der Waals surface area contributed by atoms with Crippen molar-refractivity contribution >= 4 is 13.8 Å². The van der Waals surface area contributed by atoms with Crippen LogP contribution in [-0.2, 0) is 27.9 Å². The van der Waals surface area contributed by atoms with Gasteiger partial charge in [-0.25, -0.2) is 4.57 Å². The Morgan fingerprint density at radius 3 is 1.10 bits per heavy atom. The zero-order valence-electron chi connectivity index (χ0n) is 39.0. The highest BCUT2D eigenvalue weighted by molar-refractivity contribution is 7.47. The second kappa shape index (κ2) is 47.0. The fraction of sp³-hybridized carbons (Fsp3) is 0.980. The predicted molar refractivity (Wildman–Crippen MR) is 247 cm³/mol. The number of carbonyl (C=O) groups is 1. The molecule has 0 rings (SSSR count). The van der Waals surface area contributed by atoms with E-state index in [9.17, 15) is 19.4 Å². The first-order valence-electron chi connectivity index (χ1n) is 25.5. The molecular formula is C49H99O9P. The molecule has 0 aliphatic carbocycles. The molecule has 0 aromatic carbocycles. The Morgan fingerprint density at radius 2 is 0.763 bits per heavy atom. The highest BCUT2D eigenvalue weighted by Gasteiger charge is 2.26. The molecule has 9 nitrogen and oxygen atoms in total. The van der Waals surface area contributed by atoms with Crippen LogP contribution in [-0.4, -0.2) is 66.3 Å². The Labute approximate surface area is 365 Å². The summed E-state index contributed by atoms with van der Waals surface area (Å²) in [5.41, 5.74) is 0. The van der Waals surface area contributed by atoms with Gasteiger partial charge in [-0.05, 0) is 12.8 Å². The Bertz CT molecular complexity index is 892. The molecule has 0 aromatic heterocycles. The fourth-order valence-corrected chi connectivity index (χ4v) is 8.44. The summed E-state index contributed by atoms with van der Waals surface area (Å²) >= 11 is 0. The van der Waals surface area contributed by atoms with Gasteiger partial charge in [0, 0.05) is 13.0 Å². The molecule has 354 valence electrons. The molecule has 0 amide bonds.